The number of benzene rings is 1. The molecule has 1 fully saturated rings. The van der Waals surface area contributed by atoms with Gasteiger partial charge in [-0.05, 0) is 44.0 Å². The van der Waals surface area contributed by atoms with Crippen LogP contribution in [0.25, 0.3) is 11.1 Å². The summed E-state index contributed by atoms with van der Waals surface area (Å²) in [6.45, 7) is 6.33. The Kier molecular flexibility index (Phi) is 3.46. The molecular formula is C15H18BrN3. The van der Waals surface area contributed by atoms with Gasteiger partial charge in [0.2, 0.25) is 0 Å². The summed E-state index contributed by atoms with van der Waals surface area (Å²) >= 11 is 3.55. The quantitative estimate of drug-likeness (QED) is 0.918. The number of hydrogen-bond acceptors (Lipinski definition) is 2. The van der Waals surface area contributed by atoms with Crippen LogP contribution in [0.4, 0.5) is 0 Å². The summed E-state index contributed by atoms with van der Waals surface area (Å²) in [5.74, 6) is 0. The number of nitrogens with zero attached hydrogens (tertiary/aromatic N) is 2. The number of aryl methyl sites for hydroxylation is 2. The number of nitrogens with one attached hydrogen (secondary N) is 1. The van der Waals surface area contributed by atoms with E-state index >= 15 is 0 Å². The van der Waals surface area contributed by atoms with Crippen LogP contribution >= 0.6 is 15.9 Å². The van der Waals surface area contributed by atoms with Gasteiger partial charge >= 0.3 is 0 Å². The van der Waals surface area contributed by atoms with Crippen LogP contribution in [0.1, 0.15) is 23.7 Å². The molecule has 0 saturated carbocycles. The smallest absolute Gasteiger partial charge is 0.0672 e. The van der Waals surface area contributed by atoms with Crippen molar-refractivity contribution >= 4 is 15.9 Å². The lowest BCUT2D eigenvalue weighted by molar-refractivity contribution is 0.488. The van der Waals surface area contributed by atoms with Gasteiger partial charge in [0.15, 0.2) is 0 Å². The van der Waals surface area contributed by atoms with Gasteiger partial charge in [-0.25, -0.2) is 0 Å². The van der Waals surface area contributed by atoms with Crippen LogP contribution in [0.2, 0.25) is 0 Å². The minimum Gasteiger partial charge on any atom is -0.315 e. The highest BCUT2D eigenvalue weighted by Crippen LogP contribution is 2.28. The number of rotatable bonds is 2. The number of halogens is 1. The molecule has 3 nitrogen and oxygen atoms in total. The first-order valence-electron chi connectivity index (χ1n) is 6.68. The van der Waals surface area contributed by atoms with E-state index in [4.69, 9.17) is 0 Å². The third-order valence-electron chi connectivity index (χ3n) is 3.79. The Bertz CT molecular complexity index is 597. The van der Waals surface area contributed by atoms with Crippen LogP contribution in [-0.4, -0.2) is 22.9 Å². The van der Waals surface area contributed by atoms with Crippen molar-refractivity contribution in [3.8, 4) is 11.1 Å². The molecule has 4 heteroatoms. The predicted molar refractivity (Wildman–Crippen MR) is 81.4 cm³/mol. The summed E-state index contributed by atoms with van der Waals surface area (Å²) in [6, 6.07) is 6.98. The standard InChI is InChI=1S/C15H18BrN3/c1-10-7-12(3-4-15(10)16)14-9-19(18-11(14)2)13-5-6-17-8-13/h3-4,7,9,13,17H,5-6,8H2,1-2H3. The summed E-state index contributed by atoms with van der Waals surface area (Å²) in [5.41, 5.74) is 4.85. The van der Waals surface area contributed by atoms with Crippen LogP contribution in [0.5, 0.6) is 0 Å². The van der Waals surface area contributed by atoms with Crippen LogP contribution < -0.4 is 5.32 Å². The van der Waals surface area contributed by atoms with Crippen molar-refractivity contribution in [3.63, 3.8) is 0 Å². The van der Waals surface area contributed by atoms with Crippen molar-refractivity contribution in [2.24, 2.45) is 0 Å². The third-order valence-corrected chi connectivity index (χ3v) is 4.68. The summed E-state index contributed by atoms with van der Waals surface area (Å²) in [6.07, 6.45) is 3.36. The molecule has 1 aliphatic rings. The lowest BCUT2D eigenvalue weighted by Gasteiger charge is -2.07. The fourth-order valence-electron chi connectivity index (χ4n) is 2.63. The van der Waals surface area contributed by atoms with Crippen molar-refractivity contribution in [1.82, 2.24) is 15.1 Å². The number of hydrogen-bond donors (Lipinski definition) is 1. The molecule has 1 aliphatic heterocycles. The molecule has 1 saturated heterocycles. The lowest BCUT2D eigenvalue weighted by Crippen LogP contribution is -2.13. The second kappa shape index (κ2) is 5.10. The summed E-state index contributed by atoms with van der Waals surface area (Å²) < 4.78 is 3.28. The minimum absolute atomic E-state index is 0.504. The van der Waals surface area contributed by atoms with Crippen LogP contribution in [0.15, 0.2) is 28.9 Å². The maximum Gasteiger partial charge on any atom is 0.0672 e. The van der Waals surface area contributed by atoms with E-state index in [0.29, 0.717) is 6.04 Å². The molecule has 19 heavy (non-hydrogen) atoms. The lowest BCUT2D eigenvalue weighted by atomic mass is 10.0. The van der Waals surface area contributed by atoms with Crippen LogP contribution in [-0.2, 0) is 0 Å². The average molecular weight is 320 g/mol. The van der Waals surface area contributed by atoms with E-state index in [0.717, 1.165) is 23.3 Å². The van der Waals surface area contributed by atoms with E-state index < -0.39 is 0 Å². The van der Waals surface area contributed by atoms with Crippen LogP contribution in [0, 0.1) is 13.8 Å². The molecule has 1 aromatic heterocycles. The van der Waals surface area contributed by atoms with Gasteiger partial charge in [0, 0.05) is 22.8 Å². The fourth-order valence-corrected chi connectivity index (χ4v) is 2.88. The van der Waals surface area contributed by atoms with Crippen molar-refractivity contribution in [1.29, 1.82) is 0 Å². The molecule has 1 aromatic carbocycles. The van der Waals surface area contributed by atoms with Gasteiger partial charge in [0.05, 0.1) is 11.7 Å². The van der Waals surface area contributed by atoms with E-state index in [2.05, 4.69) is 69.3 Å². The maximum atomic E-state index is 4.69. The average Bonchev–Trinajstić information content (AvgIpc) is 3.01. The highest BCUT2D eigenvalue weighted by molar-refractivity contribution is 9.10. The zero-order chi connectivity index (χ0) is 13.4. The maximum absolute atomic E-state index is 4.69. The van der Waals surface area contributed by atoms with E-state index in [-0.39, 0.29) is 0 Å². The van der Waals surface area contributed by atoms with Crippen molar-refractivity contribution in [2.75, 3.05) is 13.1 Å². The van der Waals surface area contributed by atoms with Crippen LogP contribution in [0.3, 0.4) is 0 Å². The second-order valence-electron chi connectivity index (χ2n) is 5.22. The predicted octanol–water partition coefficient (Wildman–Crippen LogP) is 3.46. The summed E-state index contributed by atoms with van der Waals surface area (Å²) in [4.78, 5) is 0. The SMILES string of the molecule is Cc1cc(-c2cn(C3CCNC3)nc2C)ccc1Br. The Morgan fingerprint density at radius 1 is 1.37 bits per heavy atom. The van der Waals surface area contributed by atoms with E-state index in [1.54, 1.807) is 0 Å². The van der Waals surface area contributed by atoms with Gasteiger partial charge in [-0.1, -0.05) is 28.1 Å². The first kappa shape index (κ1) is 12.9. The third kappa shape index (κ3) is 2.47. The molecule has 1 atom stereocenters. The van der Waals surface area contributed by atoms with Gasteiger partial charge in [0.1, 0.15) is 0 Å². The zero-order valence-electron chi connectivity index (χ0n) is 11.3. The molecule has 2 aromatic rings. The van der Waals surface area contributed by atoms with Crippen molar-refractivity contribution in [2.45, 2.75) is 26.3 Å². The molecule has 1 N–H and O–H groups in total. The second-order valence-corrected chi connectivity index (χ2v) is 6.07. The van der Waals surface area contributed by atoms with Gasteiger partial charge < -0.3 is 5.32 Å². The molecule has 0 spiro atoms. The van der Waals surface area contributed by atoms with Crippen molar-refractivity contribution < 1.29 is 0 Å². The van der Waals surface area contributed by atoms with E-state index in [9.17, 15) is 0 Å². The Labute approximate surface area is 122 Å². The molecule has 1 unspecified atom stereocenters. The molecule has 100 valence electrons. The Morgan fingerprint density at radius 2 is 2.21 bits per heavy atom. The monoisotopic (exact) mass is 319 g/mol. The Morgan fingerprint density at radius 3 is 2.89 bits per heavy atom. The highest BCUT2D eigenvalue weighted by Gasteiger charge is 2.19. The molecule has 0 amide bonds. The molecule has 0 aliphatic carbocycles. The zero-order valence-corrected chi connectivity index (χ0v) is 12.9. The first-order valence-corrected chi connectivity index (χ1v) is 7.47. The van der Waals surface area contributed by atoms with Gasteiger partial charge in [0.25, 0.3) is 0 Å². The van der Waals surface area contributed by atoms with Gasteiger partial charge in [-0.2, -0.15) is 5.10 Å². The van der Waals surface area contributed by atoms with E-state index in [1.807, 2.05) is 0 Å². The molecule has 2 heterocycles. The first-order chi connectivity index (χ1) is 9.15. The number of aromatic nitrogens is 2. The highest BCUT2D eigenvalue weighted by atomic mass is 79.9. The molecular weight excluding hydrogens is 302 g/mol. The summed E-state index contributed by atoms with van der Waals surface area (Å²) in [7, 11) is 0. The molecule has 0 radical (unpaired) electrons. The Hall–Kier alpha value is -1.13. The Balaban J connectivity index is 1.97. The van der Waals surface area contributed by atoms with E-state index in [1.165, 1.54) is 23.1 Å². The minimum atomic E-state index is 0.504. The summed E-state index contributed by atoms with van der Waals surface area (Å²) in [5, 5.41) is 8.07. The fraction of sp³-hybridized carbons (Fsp3) is 0.400. The topological polar surface area (TPSA) is 29.9 Å². The largest absolute Gasteiger partial charge is 0.315 e. The molecule has 0 bridgehead atoms. The van der Waals surface area contributed by atoms with Crippen molar-refractivity contribution in [3.05, 3.63) is 40.1 Å². The molecule has 3 rings (SSSR count). The van der Waals surface area contributed by atoms with Gasteiger partial charge in [-0.15, -0.1) is 0 Å². The normalized spacial score (nSPS) is 19.0. The van der Waals surface area contributed by atoms with Gasteiger partial charge in [-0.3, -0.25) is 4.68 Å².